The number of rotatable bonds is 5. The summed E-state index contributed by atoms with van der Waals surface area (Å²) in [6.07, 6.45) is 9.98. The fourth-order valence-electron chi connectivity index (χ4n) is 2.45. The molecule has 1 unspecified atom stereocenters. The molecule has 0 spiro atoms. The van der Waals surface area contributed by atoms with Crippen LogP contribution in [0.2, 0.25) is 0 Å². The van der Waals surface area contributed by atoms with Crippen LogP contribution < -0.4 is 0 Å². The maximum Gasteiger partial charge on any atom is 0.0951 e. The van der Waals surface area contributed by atoms with Gasteiger partial charge in [0.2, 0.25) is 0 Å². The minimum atomic E-state index is -0.156. The maximum atomic E-state index is 9.18. The molecule has 1 aliphatic rings. The quantitative estimate of drug-likeness (QED) is 0.776. The van der Waals surface area contributed by atoms with E-state index in [1.54, 1.807) is 0 Å². The van der Waals surface area contributed by atoms with E-state index in [0.717, 1.165) is 32.2 Å². The number of aliphatic hydroxyl groups is 1. The summed E-state index contributed by atoms with van der Waals surface area (Å²) in [5.41, 5.74) is 2.78. The highest BCUT2D eigenvalue weighted by atomic mass is 16.3. The van der Waals surface area contributed by atoms with Crippen LogP contribution in [0.4, 0.5) is 0 Å². The van der Waals surface area contributed by atoms with Crippen LogP contribution in [-0.2, 0) is 19.4 Å². The number of imidazole rings is 1. The average molecular weight is 222 g/mol. The first-order chi connectivity index (χ1) is 7.77. The molecule has 1 aromatic heterocycles. The molecule has 0 aromatic carbocycles. The van der Waals surface area contributed by atoms with Gasteiger partial charge in [0.25, 0.3) is 0 Å². The predicted molar refractivity (Wildman–Crippen MR) is 64.4 cm³/mol. The van der Waals surface area contributed by atoms with E-state index in [1.165, 1.54) is 30.7 Å². The Morgan fingerprint density at radius 2 is 2.19 bits per heavy atom. The lowest BCUT2D eigenvalue weighted by Crippen LogP contribution is -2.09. The third-order valence-electron chi connectivity index (χ3n) is 3.38. The van der Waals surface area contributed by atoms with Gasteiger partial charge in [0.05, 0.1) is 18.1 Å². The zero-order valence-corrected chi connectivity index (χ0v) is 10.2. The lowest BCUT2D eigenvalue weighted by atomic mass is 10.0. The van der Waals surface area contributed by atoms with Crippen LogP contribution >= 0.6 is 0 Å². The third-order valence-corrected chi connectivity index (χ3v) is 3.38. The molecule has 1 aromatic rings. The fourth-order valence-corrected chi connectivity index (χ4v) is 2.45. The van der Waals surface area contributed by atoms with Crippen molar-refractivity contribution >= 4 is 0 Å². The van der Waals surface area contributed by atoms with E-state index >= 15 is 0 Å². The fraction of sp³-hybridized carbons (Fsp3) is 0.769. The summed E-state index contributed by atoms with van der Waals surface area (Å²) < 4.78 is 2.32. The Bertz CT molecular complexity index is 331. The number of aromatic nitrogens is 2. The van der Waals surface area contributed by atoms with Crippen molar-refractivity contribution in [2.24, 2.45) is 0 Å². The Morgan fingerprint density at radius 3 is 3.00 bits per heavy atom. The molecule has 0 bridgehead atoms. The molecule has 1 N–H and O–H groups in total. The SMILES string of the molecule is CC(O)CCCCn1cnc2c1CCCC2. The van der Waals surface area contributed by atoms with E-state index in [9.17, 15) is 5.11 Å². The second-order valence-corrected chi connectivity index (χ2v) is 4.88. The summed E-state index contributed by atoms with van der Waals surface area (Å²) in [5.74, 6) is 0. The van der Waals surface area contributed by atoms with Gasteiger partial charge < -0.3 is 9.67 Å². The molecule has 2 rings (SSSR count). The standard InChI is InChI=1S/C13H22N2O/c1-11(16)6-4-5-9-15-10-14-12-7-2-3-8-13(12)15/h10-11,16H,2-9H2,1H3. The molecule has 3 nitrogen and oxygen atoms in total. The predicted octanol–water partition coefficient (Wildman–Crippen LogP) is 2.31. The second kappa shape index (κ2) is 5.48. The third kappa shape index (κ3) is 2.85. The first-order valence-electron chi connectivity index (χ1n) is 6.48. The Hall–Kier alpha value is -0.830. The summed E-state index contributed by atoms with van der Waals surface area (Å²) in [6, 6.07) is 0. The summed E-state index contributed by atoms with van der Waals surface area (Å²) >= 11 is 0. The van der Waals surface area contributed by atoms with Gasteiger partial charge in [-0.2, -0.15) is 0 Å². The zero-order chi connectivity index (χ0) is 11.4. The van der Waals surface area contributed by atoms with Gasteiger partial charge in [-0.05, 0) is 51.9 Å². The molecule has 1 atom stereocenters. The molecule has 0 saturated carbocycles. The maximum absolute atomic E-state index is 9.18. The van der Waals surface area contributed by atoms with E-state index in [-0.39, 0.29) is 6.10 Å². The van der Waals surface area contributed by atoms with Crippen LogP contribution in [0.25, 0.3) is 0 Å². The highest BCUT2D eigenvalue weighted by Gasteiger charge is 2.14. The molecular formula is C13H22N2O. The summed E-state index contributed by atoms with van der Waals surface area (Å²) in [6.45, 7) is 2.92. The highest BCUT2D eigenvalue weighted by molar-refractivity contribution is 5.16. The molecule has 0 saturated heterocycles. The molecular weight excluding hydrogens is 200 g/mol. The molecule has 3 heteroatoms. The Kier molecular flexibility index (Phi) is 3.99. The van der Waals surface area contributed by atoms with Crippen LogP contribution in [0.15, 0.2) is 6.33 Å². The highest BCUT2D eigenvalue weighted by Crippen LogP contribution is 2.20. The zero-order valence-electron chi connectivity index (χ0n) is 10.2. The Labute approximate surface area is 97.5 Å². The van der Waals surface area contributed by atoms with Gasteiger partial charge in [-0.25, -0.2) is 4.98 Å². The minimum Gasteiger partial charge on any atom is -0.393 e. The molecule has 0 amide bonds. The number of hydrogen-bond donors (Lipinski definition) is 1. The molecule has 0 radical (unpaired) electrons. The number of hydrogen-bond acceptors (Lipinski definition) is 2. The Balaban J connectivity index is 1.83. The van der Waals surface area contributed by atoms with Crippen molar-refractivity contribution in [2.45, 2.75) is 64.5 Å². The molecule has 16 heavy (non-hydrogen) atoms. The molecule has 0 fully saturated rings. The Morgan fingerprint density at radius 1 is 1.38 bits per heavy atom. The largest absolute Gasteiger partial charge is 0.393 e. The van der Waals surface area contributed by atoms with Gasteiger partial charge in [-0.1, -0.05) is 0 Å². The number of aliphatic hydroxyl groups excluding tert-OH is 1. The van der Waals surface area contributed by atoms with Crippen molar-refractivity contribution in [3.05, 3.63) is 17.7 Å². The first-order valence-corrected chi connectivity index (χ1v) is 6.48. The lowest BCUT2D eigenvalue weighted by molar-refractivity contribution is 0.180. The molecule has 1 heterocycles. The molecule has 0 aliphatic heterocycles. The minimum absolute atomic E-state index is 0.156. The van der Waals surface area contributed by atoms with Gasteiger partial charge in [-0.3, -0.25) is 0 Å². The van der Waals surface area contributed by atoms with E-state index in [0.29, 0.717) is 0 Å². The van der Waals surface area contributed by atoms with Gasteiger partial charge in [-0.15, -0.1) is 0 Å². The monoisotopic (exact) mass is 222 g/mol. The average Bonchev–Trinajstić information content (AvgIpc) is 2.68. The second-order valence-electron chi connectivity index (χ2n) is 4.88. The van der Waals surface area contributed by atoms with Gasteiger partial charge in [0.15, 0.2) is 0 Å². The van der Waals surface area contributed by atoms with Crippen molar-refractivity contribution in [2.75, 3.05) is 0 Å². The van der Waals surface area contributed by atoms with Gasteiger partial charge in [0, 0.05) is 12.2 Å². The van der Waals surface area contributed by atoms with Crippen molar-refractivity contribution in [1.82, 2.24) is 9.55 Å². The number of fused-ring (bicyclic) bond motifs is 1. The van der Waals surface area contributed by atoms with Crippen molar-refractivity contribution in [3.8, 4) is 0 Å². The van der Waals surface area contributed by atoms with E-state index in [2.05, 4.69) is 9.55 Å². The molecule has 1 aliphatic carbocycles. The lowest BCUT2D eigenvalue weighted by Gasteiger charge is -2.14. The number of aryl methyl sites for hydroxylation is 2. The summed E-state index contributed by atoms with van der Waals surface area (Å²) in [4.78, 5) is 4.48. The van der Waals surface area contributed by atoms with E-state index in [4.69, 9.17) is 0 Å². The van der Waals surface area contributed by atoms with E-state index in [1.807, 2.05) is 13.3 Å². The van der Waals surface area contributed by atoms with E-state index < -0.39 is 0 Å². The van der Waals surface area contributed by atoms with Crippen molar-refractivity contribution in [1.29, 1.82) is 0 Å². The molecule has 90 valence electrons. The summed E-state index contributed by atoms with van der Waals surface area (Å²) in [5, 5.41) is 9.18. The number of nitrogens with zero attached hydrogens (tertiary/aromatic N) is 2. The van der Waals surface area contributed by atoms with Crippen LogP contribution in [-0.4, -0.2) is 20.8 Å². The topological polar surface area (TPSA) is 38.0 Å². The van der Waals surface area contributed by atoms with Crippen LogP contribution in [0.1, 0.15) is 50.4 Å². The van der Waals surface area contributed by atoms with Crippen molar-refractivity contribution in [3.63, 3.8) is 0 Å². The first kappa shape index (κ1) is 11.6. The van der Waals surface area contributed by atoms with Crippen LogP contribution in [0.3, 0.4) is 0 Å². The van der Waals surface area contributed by atoms with Gasteiger partial charge in [0.1, 0.15) is 0 Å². The van der Waals surface area contributed by atoms with Crippen LogP contribution in [0, 0.1) is 0 Å². The smallest absolute Gasteiger partial charge is 0.0951 e. The number of unbranched alkanes of at least 4 members (excludes halogenated alkanes) is 1. The van der Waals surface area contributed by atoms with Crippen LogP contribution in [0.5, 0.6) is 0 Å². The normalized spacial score (nSPS) is 17.1. The summed E-state index contributed by atoms with van der Waals surface area (Å²) in [7, 11) is 0. The van der Waals surface area contributed by atoms with Crippen molar-refractivity contribution < 1.29 is 5.11 Å². The van der Waals surface area contributed by atoms with Gasteiger partial charge >= 0.3 is 0 Å².